The van der Waals surface area contributed by atoms with Crippen LogP contribution in [0.2, 0.25) is 10.0 Å². The summed E-state index contributed by atoms with van der Waals surface area (Å²) in [6.45, 7) is 0. The molecule has 0 aliphatic carbocycles. The molecule has 0 bridgehead atoms. The van der Waals surface area contributed by atoms with Gasteiger partial charge in [-0.2, -0.15) is 5.26 Å². The summed E-state index contributed by atoms with van der Waals surface area (Å²) >= 11 is 11.1. The molecule has 0 saturated carbocycles. The standard InChI is InChI=1S/C8H4Cl2FN/c9-6-4-8(11)7(10)3-5(6)1-2-12/h3-4H,1H2. The molecule has 0 aliphatic heterocycles. The van der Waals surface area contributed by atoms with Crippen LogP contribution in [0.4, 0.5) is 4.39 Å². The first-order valence-corrected chi connectivity index (χ1v) is 3.91. The van der Waals surface area contributed by atoms with Gasteiger partial charge in [0.05, 0.1) is 17.5 Å². The molecule has 0 aliphatic rings. The smallest absolute Gasteiger partial charge is 0.143 e. The van der Waals surface area contributed by atoms with Gasteiger partial charge in [-0.3, -0.25) is 0 Å². The van der Waals surface area contributed by atoms with Crippen molar-refractivity contribution in [3.05, 3.63) is 33.6 Å². The van der Waals surface area contributed by atoms with Crippen molar-refractivity contribution in [3.8, 4) is 6.07 Å². The highest BCUT2D eigenvalue weighted by molar-refractivity contribution is 6.33. The molecule has 0 spiro atoms. The van der Waals surface area contributed by atoms with Crippen LogP contribution in [0.5, 0.6) is 0 Å². The van der Waals surface area contributed by atoms with Gasteiger partial charge in [0.25, 0.3) is 0 Å². The number of nitriles is 1. The third kappa shape index (κ3) is 1.88. The minimum Gasteiger partial charge on any atom is -0.205 e. The van der Waals surface area contributed by atoms with E-state index < -0.39 is 5.82 Å². The quantitative estimate of drug-likeness (QED) is 0.644. The van der Waals surface area contributed by atoms with Gasteiger partial charge in [0.1, 0.15) is 5.82 Å². The van der Waals surface area contributed by atoms with E-state index in [-0.39, 0.29) is 16.5 Å². The fraction of sp³-hybridized carbons (Fsp3) is 0.125. The van der Waals surface area contributed by atoms with E-state index >= 15 is 0 Å². The van der Waals surface area contributed by atoms with Crippen LogP contribution in [-0.4, -0.2) is 0 Å². The Kier molecular flexibility index (Phi) is 2.91. The first kappa shape index (κ1) is 9.31. The van der Waals surface area contributed by atoms with E-state index in [1.165, 1.54) is 6.07 Å². The molecule has 0 heterocycles. The van der Waals surface area contributed by atoms with Crippen LogP contribution in [0, 0.1) is 17.1 Å². The number of benzene rings is 1. The molecule has 0 radical (unpaired) electrons. The van der Waals surface area contributed by atoms with E-state index in [0.29, 0.717) is 5.56 Å². The second kappa shape index (κ2) is 3.75. The van der Waals surface area contributed by atoms with Crippen molar-refractivity contribution in [1.82, 2.24) is 0 Å². The summed E-state index contributed by atoms with van der Waals surface area (Å²) in [5.41, 5.74) is 0.547. The molecule has 1 nitrogen and oxygen atoms in total. The Balaban J connectivity index is 3.16. The Morgan fingerprint density at radius 2 is 2.00 bits per heavy atom. The minimum atomic E-state index is -0.566. The third-order valence-electron chi connectivity index (χ3n) is 1.36. The highest BCUT2D eigenvalue weighted by Crippen LogP contribution is 2.24. The van der Waals surface area contributed by atoms with Crippen LogP contribution in [-0.2, 0) is 6.42 Å². The maximum absolute atomic E-state index is 12.7. The molecule has 12 heavy (non-hydrogen) atoms. The lowest BCUT2D eigenvalue weighted by molar-refractivity contribution is 0.628. The van der Waals surface area contributed by atoms with Crippen molar-refractivity contribution in [2.45, 2.75) is 6.42 Å². The summed E-state index contributed by atoms with van der Waals surface area (Å²) in [6.07, 6.45) is 0.138. The fourth-order valence-electron chi connectivity index (χ4n) is 0.784. The van der Waals surface area contributed by atoms with E-state index in [1.54, 1.807) is 0 Å². The van der Waals surface area contributed by atoms with Gasteiger partial charge in [0, 0.05) is 5.02 Å². The molecule has 0 N–H and O–H groups in total. The first-order chi connectivity index (χ1) is 5.65. The Morgan fingerprint density at radius 1 is 1.33 bits per heavy atom. The molecule has 0 fully saturated rings. The molecule has 1 aromatic carbocycles. The normalized spacial score (nSPS) is 9.50. The summed E-state index contributed by atoms with van der Waals surface area (Å²) in [5.74, 6) is -0.566. The highest BCUT2D eigenvalue weighted by Gasteiger charge is 2.05. The van der Waals surface area contributed by atoms with Crippen LogP contribution in [0.15, 0.2) is 12.1 Å². The molecule has 0 aromatic heterocycles. The van der Waals surface area contributed by atoms with E-state index in [9.17, 15) is 4.39 Å². The topological polar surface area (TPSA) is 23.8 Å². The molecule has 0 amide bonds. The molecule has 0 saturated heterocycles. The van der Waals surface area contributed by atoms with Gasteiger partial charge in [0.2, 0.25) is 0 Å². The van der Waals surface area contributed by atoms with Gasteiger partial charge >= 0.3 is 0 Å². The number of nitrogens with zero attached hydrogens (tertiary/aromatic N) is 1. The van der Waals surface area contributed by atoms with Crippen LogP contribution in [0.1, 0.15) is 5.56 Å². The summed E-state index contributed by atoms with van der Waals surface area (Å²) in [6, 6.07) is 4.38. The molecule has 4 heteroatoms. The zero-order chi connectivity index (χ0) is 9.14. The summed E-state index contributed by atoms with van der Waals surface area (Å²) < 4.78 is 12.7. The second-order valence-corrected chi connectivity index (χ2v) is 3.01. The Morgan fingerprint density at radius 3 is 2.58 bits per heavy atom. The molecular weight excluding hydrogens is 200 g/mol. The summed E-state index contributed by atoms with van der Waals surface area (Å²) in [7, 11) is 0. The lowest BCUT2D eigenvalue weighted by Gasteiger charge is -2.00. The molecular formula is C8H4Cl2FN. The van der Waals surface area contributed by atoms with Gasteiger partial charge < -0.3 is 0 Å². The zero-order valence-corrected chi connectivity index (χ0v) is 7.45. The van der Waals surface area contributed by atoms with Crippen LogP contribution in [0.25, 0.3) is 0 Å². The first-order valence-electron chi connectivity index (χ1n) is 3.15. The van der Waals surface area contributed by atoms with Gasteiger partial charge in [0.15, 0.2) is 0 Å². The average molecular weight is 204 g/mol. The predicted molar refractivity (Wildman–Crippen MR) is 45.7 cm³/mol. The highest BCUT2D eigenvalue weighted by atomic mass is 35.5. The van der Waals surface area contributed by atoms with Crippen molar-refractivity contribution < 1.29 is 4.39 Å². The van der Waals surface area contributed by atoms with Crippen molar-refractivity contribution in [1.29, 1.82) is 5.26 Å². The maximum Gasteiger partial charge on any atom is 0.143 e. The predicted octanol–water partition coefficient (Wildman–Crippen LogP) is 3.20. The molecule has 1 rings (SSSR count). The fourth-order valence-corrected chi connectivity index (χ4v) is 1.19. The van der Waals surface area contributed by atoms with Crippen LogP contribution < -0.4 is 0 Å². The van der Waals surface area contributed by atoms with Crippen molar-refractivity contribution in [2.75, 3.05) is 0 Å². The number of halogens is 3. The number of hydrogen-bond acceptors (Lipinski definition) is 1. The molecule has 0 unspecified atom stereocenters. The number of rotatable bonds is 1. The van der Waals surface area contributed by atoms with E-state index in [1.807, 2.05) is 6.07 Å². The Labute approximate surface area is 79.3 Å². The van der Waals surface area contributed by atoms with Gasteiger partial charge in [-0.1, -0.05) is 23.2 Å². The molecule has 62 valence electrons. The van der Waals surface area contributed by atoms with Crippen LogP contribution >= 0.6 is 23.2 Å². The maximum atomic E-state index is 12.7. The van der Waals surface area contributed by atoms with Gasteiger partial charge in [-0.05, 0) is 17.7 Å². The lowest BCUT2D eigenvalue weighted by atomic mass is 10.2. The monoisotopic (exact) mass is 203 g/mol. The summed E-state index contributed by atoms with van der Waals surface area (Å²) in [5, 5.41) is 8.58. The van der Waals surface area contributed by atoms with Crippen LogP contribution in [0.3, 0.4) is 0 Å². The zero-order valence-electron chi connectivity index (χ0n) is 5.94. The lowest BCUT2D eigenvalue weighted by Crippen LogP contribution is -1.86. The SMILES string of the molecule is N#CCc1cc(Cl)c(F)cc1Cl. The second-order valence-electron chi connectivity index (χ2n) is 2.19. The van der Waals surface area contributed by atoms with Crippen molar-refractivity contribution in [3.63, 3.8) is 0 Å². The van der Waals surface area contributed by atoms with Gasteiger partial charge in [-0.15, -0.1) is 0 Å². The average Bonchev–Trinajstić information content (AvgIpc) is 2.01. The van der Waals surface area contributed by atoms with E-state index in [2.05, 4.69) is 0 Å². The van der Waals surface area contributed by atoms with Crippen molar-refractivity contribution in [2.24, 2.45) is 0 Å². The number of hydrogen-bond donors (Lipinski definition) is 0. The minimum absolute atomic E-state index is 0.00958. The third-order valence-corrected chi connectivity index (χ3v) is 2.00. The van der Waals surface area contributed by atoms with E-state index in [4.69, 9.17) is 28.5 Å². The largest absolute Gasteiger partial charge is 0.205 e. The molecule has 0 atom stereocenters. The molecule has 1 aromatic rings. The Bertz CT molecular complexity index is 344. The van der Waals surface area contributed by atoms with Gasteiger partial charge in [-0.25, -0.2) is 4.39 Å². The van der Waals surface area contributed by atoms with Crippen molar-refractivity contribution >= 4 is 23.2 Å². The van der Waals surface area contributed by atoms with E-state index in [0.717, 1.165) is 6.07 Å². The Hall–Kier alpha value is -0.780. The summed E-state index contributed by atoms with van der Waals surface area (Å²) in [4.78, 5) is 0.